The maximum atomic E-state index is 5.67. The average Bonchev–Trinajstić information content (AvgIpc) is 3.94. The molecule has 5 aromatic heterocycles. The van der Waals surface area contributed by atoms with Crippen LogP contribution in [0.5, 0.6) is 0 Å². The van der Waals surface area contributed by atoms with E-state index >= 15 is 0 Å². The molecule has 0 saturated heterocycles. The molecule has 0 saturated carbocycles. The van der Waals surface area contributed by atoms with Gasteiger partial charge in [-0.3, -0.25) is 8.80 Å². The molecular formula is C48H27N5. The highest BCUT2D eigenvalue weighted by molar-refractivity contribution is 6.33. The third-order valence-electron chi connectivity index (χ3n) is 11.5. The molecule has 5 heteroatoms. The SMILES string of the molecule is c1ccc(N(c2ccccc2)c2cccc3c4c5ccccc5cc5c6nc7c(nc6n(c23)c54)c2cccc3c4c5ccccc5ccc4n7c23)cc1. The van der Waals surface area contributed by atoms with Crippen LogP contribution in [0.2, 0.25) is 0 Å². The van der Waals surface area contributed by atoms with Crippen LogP contribution in [0.4, 0.5) is 17.1 Å². The summed E-state index contributed by atoms with van der Waals surface area (Å²) in [5.74, 6) is 0. The molecule has 5 heterocycles. The van der Waals surface area contributed by atoms with Crippen molar-refractivity contribution < 1.29 is 0 Å². The molecule has 0 radical (unpaired) electrons. The third-order valence-corrected chi connectivity index (χ3v) is 11.5. The van der Waals surface area contributed by atoms with Gasteiger partial charge in [0.15, 0.2) is 11.3 Å². The van der Waals surface area contributed by atoms with Crippen molar-refractivity contribution in [1.82, 2.24) is 18.8 Å². The number of aromatic nitrogens is 4. The van der Waals surface area contributed by atoms with Gasteiger partial charge in [0.1, 0.15) is 11.0 Å². The Kier molecular flexibility index (Phi) is 5.06. The highest BCUT2D eigenvalue weighted by Gasteiger charge is 2.28. The summed E-state index contributed by atoms with van der Waals surface area (Å²) in [7, 11) is 0. The summed E-state index contributed by atoms with van der Waals surface area (Å²) in [6.07, 6.45) is 0. The minimum Gasteiger partial charge on any atom is -0.308 e. The minimum absolute atomic E-state index is 0.875. The normalized spacial score (nSPS) is 12.5. The van der Waals surface area contributed by atoms with Crippen LogP contribution in [0.15, 0.2) is 164 Å². The average molecular weight is 674 g/mol. The predicted molar refractivity (Wildman–Crippen MR) is 221 cm³/mol. The van der Waals surface area contributed by atoms with E-state index in [1.54, 1.807) is 0 Å². The van der Waals surface area contributed by atoms with Crippen molar-refractivity contribution in [1.29, 1.82) is 0 Å². The molecular weight excluding hydrogens is 647 g/mol. The van der Waals surface area contributed by atoms with Gasteiger partial charge in [0, 0.05) is 43.7 Å². The summed E-state index contributed by atoms with van der Waals surface area (Å²) in [5.41, 5.74) is 11.5. The number of para-hydroxylation sites is 4. The Hall–Kier alpha value is -7.24. The molecule has 0 aliphatic carbocycles. The van der Waals surface area contributed by atoms with Gasteiger partial charge in [-0.2, -0.15) is 0 Å². The molecule has 5 nitrogen and oxygen atoms in total. The van der Waals surface area contributed by atoms with Crippen molar-refractivity contribution in [2.24, 2.45) is 0 Å². The molecule has 0 spiro atoms. The number of hydrogen-bond acceptors (Lipinski definition) is 3. The van der Waals surface area contributed by atoms with Crippen molar-refractivity contribution in [3.63, 3.8) is 0 Å². The lowest BCUT2D eigenvalue weighted by atomic mass is 10.0. The Bertz CT molecular complexity index is 3580. The Morgan fingerprint density at radius 3 is 1.70 bits per heavy atom. The lowest BCUT2D eigenvalue weighted by Crippen LogP contribution is -2.10. The first-order valence-corrected chi connectivity index (χ1v) is 18.1. The van der Waals surface area contributed by atoms with Gasteiger partial charge in [0.25, 0.3) is 0 Å². The van der Waals surface area contributed by atoms with Gasteiger partial charge in [-0.25, -0.2) is 9.97 Å². The van der Waals surface area contributed by atoms with Gasteiger partial charge in [-0.05, 0) is 64.0 Å². The number of fused-ring (bicyclic) bond motifs is 16. The smallest absolute Gasteiger partial charge is 0.165 e. The number of anilines is 3. The first-order valence-electron chi connectivity index (χ1n) is 18.1. The van der Waals surface area contributed by atoms with E-state index < -0.39 is 0 Å². The molecule has 0 amide bonds. The zero-order valence-corrected chi connectivity index (χ0v) is 28.3. The summed E-state index contributed by atoms with van der Waals surface area (Å²) in [4.78, 5) is 13.7. The molecule has 53 heavy (non-hydrogen) atoms. The Morgan fingerprint density at radius 2 is 0.943 bits per heavy atom. The van der Waals surface area contributed by atoms with Crippen molar-refractivity contribution in [2.75, 3.05) is 4.90 Å². The fourth-order valence-electron chi connectivity index (χ4n) is 9.41. The maximum absolute atomic E-state index is 5.67. The molecule has 0 bridgehead atoms. The molecule has 8 aromatic carbocycles. The second-order valence-corrected chi connectivity index (χ2v) is 14.2. The highest BCUT2D eigenvalue weighted by atomic mass is 15.2. The van der Waals surface area contributed by atoms with Crippen molar-refractivity contribution in [2.45, 2.75) is 0 Å². The lowest BCUT2D eigenvalue weighted by molar-refractivity contribution is 1.23. The molecule has 13 rings (SSSR count). The highest BCUT2D eigenvalue weighted by Crippen LogP contribution is 2.48. The Balaban J connectivity index is 1.25. The number of rotatable bonds is 3. The van der Waals surface area contributed by atoms with Crippen LogP contribution in [0, 0.1) is 0 Å². The van der Waals surface area contributed by atoms with Crippen LogP contribution in [-0.4, -0.2) is 18.8 Å². The van der Waals surface area contributed by atoms with Gasteiger partial charge in [-0.1, -0.05) is 121 Å². The second-order valence-electron chi connectivity index (χ2n) is 14.2. The standard InChI is InChI=1S/C48H27N5/c1-3-15-30(16-4-1)51(31-17-5-2-6-18-31)39-24-12-22-35-41-33-20-10-8-14-29(33)27-37-43-48(53(45(35)39)46(37)41)49-42-36-23-11-21-34-40-32-19-9-7-13-28(32)25-26-38(40)52(44(34)36)47(42)50-43/h1-27H. The fourth-order valence-corrected chi connectivity index (χ4v) is 9.41. The molecule has 0 aliphatic heterocycles. The zero-order valence-electron chi connectivity index (χ0n) is 28.3. The van der Waals surface area contributed by atoms with Crippen LogP contribution in [0.1, 0.15) is 0 Å². The van der Waals surface area contributed by atoms with Crippen LogP contribution < -0.4 is 4.90 Å². The fraction of sp³-hybridized carbons (Fsp3) is 0. The third kappa shape index (κ3) is 3.37. The van der Waals surface area contributed by atoms with Crippen LogP contribution in [0.25, 0.3) is 98.3 Å². The van der Waals surface area contributed by atoms with E-state index in [1.165, 1.54) is 48.6 Å². The van der Waals surface area contributed by atoms with Gasteiger partial charge in [0.2, 0.25) is 0 Å². The molecule has 0 atom stereocenters. The first-order chi connectivity index (χ1) is 26.3. The van der Waals surface area contributed by atoms with E-state index in [0.717, 1.165) is 66.7 Å². The molecule has 0 N–H and O–H groups in total. The number of hydrogen-bond donors (Lipinski definition) is 0. The molecule has 0 unspecified atom stereocenters. The summed E-state index contributed by atoms with van der Waals surface area (Å²) in [6.45, 7) is 0. The van der Waals surface area contributed by atoms with E-state index in [1.807, 2.05) is 0 Å². The van der Waals surface area contributed by atoms with Crippen molar-refractivity contribution in [3.8, 4) is 0 Å². The van der Waals surface area contributed by atoms with Gasteiger partial charge >= 0.3 is 0 Å². The Labute approximate surface area is 301 Å². The summed E-state index contributed by atoms with van der Waals surface area (Å²) in [6, 6.07) is 58.9. The number of benzene rings is 8. The van der Waals surface area contributed by atoms with Crippen LogP contribution in [0.3, 0.4) is 0 Å². The van der Waals surface area contributed by atoms with Gasteiger partial charge in [-0.15, -0.1) is 0 Å². The Morgan fingerprint density at radius 1 is 0.377 bits per heavy atom. The van der Waals surface area contributed by atoms with E-state index in [4.69, 9.17) is 9.97 Å². The molecule has 13 aromatic rings. The second kappa shape index (κ2) is 9.75. The van der Waals surface area contributed by atoms with E-state index in [-0.39, 0.29) is 0 Å². The summed E-state index contributed by atoms with van der Waals surface area (Å²) in [5, 5.41) is 12.1. The van der Waals surface area contributed by atoms with Gasteiger partial charge in [0.05, 0.1) is 27.8 Å². The van der Waals surface area contributed by atoms with Crippen molar-refractivity contribution in [3.05, 3.63) is 164 Å². The van der Waals surface area contributed by atoms with E-state index in [2.05, 4.69) is 177 Å². The van der Waals surface area contributed by atoms with Crippen molar-refractivity contribution >= 4 is 115 Å². The monoisotopic (exact) mass is 673 g/mol. The molecule has 244 valence electrons. The lowest BCUT2D eigenvalue weighted by Gasteiger charge is -2.26. The van der Waals surface area contributed by atoms with Crippen LogP contribution in [-0.2, 0) is 0 Å². The topological polar surface area (TPSA) is 37.8 Å². The molecule has 0 fully saturated rings. The maximum Gasteiger partial charge on any atom is 0.165 e. The van der Waals surface area contributed by atoms with E-state index in [9.17, 15) is 0 Å². The minimum atomic E-state index is 0.875. The largest absolute Gasteiger partial charge is 0.308 e. The summed E-state index contributed by atoms with van der Waals surface area (Å²) < 4.78 is 4.76. The predicted octanol–water partition coefficient (Wildman–Crippen LogP) is 12.6. The quantitative estimate of drug-likeness (QED) is 0.187. The summed E-state index contributed by atoms with van der Waals surface area (Å²) >= 11 is 0. The van der Waals surface area contributed by atoms with Gasteiger partial charge < -0.3 is 4.90 Å². The zero-order chi connectivity index (χ0) is 34.4. The molecule has 0 aliphatic rings. The number of nitrogens with zero attached hydrogens (tertiary/aromatic N) is 5. The first kappa shape index (κ1) is 27.5. The van der Waals surface area contributed by atoms with E-state index in [0.29, 0.717) is 0 Å². The van der Waals surface area contributed by atoms with Crippen LogP contribution >= 0.6 is 0 Å².